The molecule has 12 heteroatoms. The lowest BCUT2D eigenvalue weighted by molar-refractivity contribution is -0.385. The second-order valence-electron chi connectivity index (χ2n) is 10.1. The molecule has 0 saturated carbocycles. The highest BCUT2D eigenvalue weighted by molar-refractivity contribution is 5.96. The maximum atomic E-state index is 12.9. The highest BCUT2D eigenvalue weighted by Crippen LogP contribution is 2.40. The molecule has 0 atom stereocenters. The first-order valence-electron chi connectivity index (χ1n) is 14.0. The summed E-state index contributed by atoms with van der Waals surface area (Å²) in [7, 11) is 3.16. The van der Waals surface area contributed by atoms with Crippen molar-refractivity contribution in [2.24, 2.45) is 0 Å². The van der Waals surface area contributed by atoms with Gasteiger partial charge in [-0.25, -0.2) is 0 Å². The lowest BCUT2D eigenvalue weighted by Gasteiger charge is -2.16. The Balaban J connectivity index is 1.57. The maximum absolute atomic E-state index is 12.9. The molecule has 1 amide bonds. The number of nitrogens with one attached hydrogen (secondary N) is 1. The smallest absolute Gasteiger partial charge is 0.373 e. The van der Waals surface area contributed by atoms with Crippen LogP contribution in [-0.2, 0) is 13.2 Å². The predicted molar refractivity (Wildman–Crippen MR) is 169 cm³/mol. The quantitative estimate of drug-likeness (QED) is 0.118. The number of nitrogens with zero attached hydrogens (tertiary/aromatic N) is 5. The van der Waals surface area contributed by atoms with Crippen LogP contribution in [0.1, 0.15) is 27.0 Å². The Morgan fingerprint density at radius 1 is 0.870 bits per heavy atom. The maximum Gasteiger partial charge on any atom is 0.373 e. The Hall–Kier alpha value is -6.48. The number of nitriles is 1. The summed E-state index contributed by atoms with van der Waals surface area (Å²) in [6, 6.07) is 31.4. The van der Waals surface area contributed by atoms with E-state index in [9.17, 15) is 20.2 Å². The van der Waals surface area contributed by atoms with Crippen LogP contribution < -0.4 is 19.5 Å². The molecular formula is C34H28N6O6. The molecule has 1 N–H and O–H groups in total. The van der Waals surface area contributed by atoms with Gasteiger partial charge in [0.2, 0.25) is 5.82 Å². The van der Waals surface area contributed by atoms with Crippen molar-refractivity contribution < 1.29 is 23.9 Å². The third-order valence-electron chi connectivity index (χ3n) is 6.56. The van der Waals surface area contributed by atoms with E-state index in [0.29, 0.717) is 0 Å². The van der Waals surface area contributed by atoms with Gasteiger partial charge in [-0.1, -0.05) is 72.8 Å². The van der Waals surface area contributed by atoms with Crippen molar-refractivity contribution in [1.29, 1.82) is 5.26 Å². The Labute approximate surface area is 264 Å². The molecule has 1 heterocycles. The van der Waals surface area contributed by atoms with E-state index in [1.54, 1.807) is 44.4 Å². The van der Waals surface area contributed by atoms with Crippen molar-refractivity contribution in [2.75, 3.05) is 19.4 Å². The van der Waals surface area contributed by atoms with E-state index in [0.717, 1.165) is 11.1 Å². The van der Waals surface area contributed by atoms with Gasteiger partial charge in [0, 0.05) is 26.7 Å². The number of amides is 1. The summed E-state index contributed by atoms with van der Waals surface area (Å²) in [5, 5.41) is 25.0. The van der Waals surface area contributed by atoms with Crippen LogP contribution in [-0.4, -0.2) is 39.8 Å². The summed E-state index contributed by atoms with van der Waals surface area (Å²) in [5.41, 5.74) is 1.61. The van der Waals surface area contributed by atoms with E-state index in [2.05, 4.69) is 21.4 Å². The number of rotatable bonds is 12. The Morgan fingerprint density at radius 3 is 2.22 bits per heavy atom. The SMILES string of the molecule is CN(C)C(=O)c1ccccc1Oc1nc(Oc2cc(C#N)ccc2OCc2ccccc2)nc(NCc2ccccc2)c1[N+](=O)[O-]. The fraction of sp³-hybridized carbons (Fsp3) is 0.118. The predicted octanol–water partition coefficient (Wildman–Crippen LogP) is 6.73. The second kappa shape index (κ2) is 14.3. The molecule has 0 fully saturated rings. The minimum Gasteiger partial charge on any atom is -0.485 e. The number of para-hydroxylation sites is 1. The van der Waals surface area contributed by atoms with Crippen molar-refractivity contribution in [3.63, 3.8) is 0 Å². The summed E-state index contributed by atoms with van der Waals surface area (Å²) >= 11 is 0. The molecule has 12 nitrogen and oxygen atoms in total. The van der Waals surface area contributed by atoms with Gasteiger partial charge < -0.3 is 24.4 Å². The zero-order chi connectivity index (χ0) is 32.5. The average molecular weight is 617 g/mol. The van der Waals surface area contributed by atoms with Gasteiger partial charge in [0.05, 0.1) is 22.1 Å². The molecule has 230 valence electrons. The number of hydrogen-bond donors (Lipinski definition) is 1. The van der Waals surface area contributed by atoms with Crippen LogP contribution in [0.15, 0.2) is 103 Å². The number of benzene rings is 4. The first-order chi connectivity index (χ1) is 22.3. The standard InChI is InChI=1S/C34H28N6O6/c1-39(2)33(41)26-15-9-10-16-27(26)45-32-30(40(42)43)31(36-21-23-11-5-3-6-12-23)37-34(38-32)46-29-19-25(20-35)17-18-28(29)44-22-24-13-7-4-8-14-24/h3-19H,21-22H2,1-2H3,(H,36,37,38). The normalized spacial score (nSPS) is 10.4. The van der Waals surface area contributed by atoms with Crippen LogP contribution in [0.5, 0.6) is 29.1 Å². The molecule has 0 aliphatic carbocycles. The molecule has 46 heavy (non-hydrogen) atoms. The lowest BCUT2D eigenvalue weighted by Crippen LogP contribution is -2.22. The zero-order valence-corrected chi connectivity index (χ0v) is 24.9. The number of aromatic nitrogens is 2. The fourth-order valence-corrected chi connectivity index (χ4v) is 4.29. The van der Waals surface area contributed by atoms with Crippen molar-refractivity contribution in [2.45, 2.75) is 13.2 Å². The van der Waals surface area contributed by atoms with Crippen LogP contribution in [0, 0.1) is 21.4 Å². The Morgan fingerprint density at radius 2 is 1.54 bits per heavy atom. The number of carbonyl (C=O) groups is 1. The van der Waals surface area contributed by atoms with Gasteiger partial charge in [-0.05, 0) is 35.4 Å². The van der Waals surface area contributed by atoms with Crippen LogP contribution >= 0.6 is 0 Å². The zero-order valence-electron chi connectivity index (χ0n) is 24.9. The molecule has 0 bridgehead atoms. The summed E-state index contributed by atoms with van der Waals surface area (Å²) < 4.78 is 18.0. The first-order valence-corrected chi connectivity index (χ1v) is 14.0. The molecule has 1 aromatic heterocycles. The van der Waals surface area contributed by atoms with Gasteiger partial charge in [-0.3, -0.25) is 14.9 Å². The van der Waals surface area contributed by atoms with Gasteiger partial charge in [0.15, 0.2) is 11.5 Å². The van der Waals surface area contributed by atoms with Crippen LogP contribution in [0.25, 0.3) is 0 Å². The monoisotopic (exact) mass is 616 g/mol. The van der Waals surface area contributed by atoms with Crippen LogP contribution in [0.4, 0.5) is 11.5 Å². The molecule has 0 aliphatic heterocycles. The summed E-state index contributed by atoms with van der Waals surface area (Å²) in [4.78, 5) is 34.6. The van der Waals surface area contributed by atoms with E-state index in [1.807, 2.05) is 60.7 Å². The summed E-state index contributed by atoms with van der Waals surface area (Å²) in [6.07, 6.45) is 0. The van der Waals surface area contributed by atoms with Crippen molar-refractivity contribution in [3.05, 3.63) is 135 Å². The number of carbonyl (C=O) groups excluding carboxylic acids is 1. The summed E-state index contributed by atoms with van der Waals surface area (Å²) in [6.45, 7) is 0.391. The van der Waals surface area contributed by atoms with Crippen molar-refractivity contribution >= 4 is 17.4 Å². The molecular weight excluding hydrogens is 588 g/mol. The van der Waals surface area contributed by atoms with Gasteiger partial charge in [0.1, 0.15) is 12.4 Å². The number of anilines is 1. The molecule has 4 aromatic carbocycles. The minimum atomic E-state index is -0.673. The van der Waals surface area contributed by atoms with Gasteiger partial charge in [-0.15, -0.1) is 0 Å². The molecule has 0 radical (unpaired) electrons. The fourth-order valence-electron chi connectivity index (χ4n) is 4.29. The number of hydrogen-bond acceptors (Lipinski definition) is 10. The van der Waals surface area contributed by atoms with Crippen LogP contribution in [0.3, 0.4) is 0 Å². The highest BCUT2D eigenvalue weighted by atomic mass is 16.6. The topological polar surface area (TPSA) is 153 Å². The first kappa shape index (κ1) is 31.0. The Bertz CT molecular complexity index is 1890. The molecule has 0 aliphatic rings. The van der Waals surface area contributed by atoms with Gasteiger partial charge >= 0.3 is 17.6 Å². The van der Waals surface area contributed by atoms with Gasteiger partial charge in [-0.2, -0.15) is 15.2 Å². The summed E-state index contributed by atoms with van der Waals surface area (Å²) in [5.74, 6) is -0.595. The van der Waals surface area contributed by atoms with E-state index < -0.39 is 16.5 Å². The van der Waals surface area contributed by atoms with E-state index >= 15 is 0 Å². The molecule has 5 rings (SSSR count). The minimum absolute atomic E-state index is 0.0429. The molecule has 0 unspecified atom stereocenters. The highest BCUT2D eigenvalue weighted by Gasteiger charge is 2.29. The lowest BCUT2D eigenvalue weighted by atomic mass is 10.2. The average Bonchev–Trinajstić information content (AvgIpc) is 3.07. The Kier molecular flexibility index (Phi) is 9.64. The van der Waals surface area contributed by atoms with E-state index in [1.165, 1.54) is 17.0 Å². The number of nitro groups is 1. The van der Waals surface area contributed by atoms with E-state index in [4.69, 9.17) is 14.2 Å². The molecule has 0 spiro atoms. The van der Waals surface area contributed by atoms with Gasteiger partial charge in [0.25, 0.3) is 5.91 Å². The van der Waals surface area contributed by atoms with Crippen molar-refractivity contribution in [3.8, 4) is 35.2 Å². The van der Waals surface area contributed by atoms with E-state index in [-0.39, 0.29) is 59.3 Å². The molecule has 5 aromatic rings. The third-order valence-corrected chi connectivity index (χ3v) is 6.56. The number of ether oxygens (including phenoxy) is 3. The third kappa shape index (κ3) is 7.53. The van der Waals surface area contributed by atoms with Crippen molar-refractivity contribution in [1.82, 2.24) is 14.9 Å². The van der Waals surface area contributed by atoms with Crippen LogP contribution in [0.2, 0.25) is 0 Å². The second-order valence-corrected chi connectivity index (χ2v) is 10.1. The largest absolute Gasteiger partial charge is 0.485 e. The molecule has 0 saturated heterocycles.